The highest BCUT2D eigenvalue weighted by molar-refractivity contribution is 5.94. The minimum Gasteiger partial charge on any atom is -0.481 e. The van der Waals surface area contributed by atoms with Crippen LogP contribution in [-0.4, -0.2) is 22.1 Å². The van der Waals surface area contributed by atoms with Gasteiger partial charge >= 0.3 is 5.97 Å². The molecule has 5 nitrogen and oxygen atoms in total. The summed E-state index contributed by atoms with van der Waals surface area (Å²) < 4.78 is 0. The number of aliphatic hydroxyl groups is 1. The monoisotopic (exact) mass is 305 g/mol. The lowest BCUT2D eigenvalue weighted by molar-refractivity contribution is -0.152. The summed E-state index contributed by atoms with van der Waals surface area (Å²) in [7, 11) is 0. The molecule has 2 rings (SSSR count). The molecule has 0 saturated heterocycles. The van der Waals surface area contributed by atoms with Gasteiger partial charge in [0.25, 0.3) is 0 Å². The first-order valence-corrected chi connectivity index (χ1v) is 7.79. The van der Waals surface area contributed by atoms with Crippen LogP contribution in [-0.2, 0) is 16.2 Å². The second-order valence-electron chi connectivity index (χ2n) is 6.08. The van der Waals surface area contributed by atoms with Gasteiger partial charge in [-0.1, -0.05) is 37.8 Å². The Morgan fingerprint density at radius 3 is 2.41 bits per heavy atom. The van der Waals surface area contributed by atoms with Gasteiger partial charge in [0.2, 0.25) is 5.91 Å². The molecule has 0 aromatic heterocycles. The van der Waals surface area contributed by atoms with Crippen molar-refractivity contribution in [2.45, 2.75) is 51.6 Å². The zero-order valence-electron chi connectivity index (χ0n) is 12.7. The van der Waals surface area contributed by atoms with Crippen molar-refractivity contribution < 1.29 is 19.8 Å². The molecule has 0 heterocycles. The maximum Gasteiger partial charge on any atom is 0.310 e. The SMILES string of the molecule is O=C(CC1(C(=O)O)CCCCCC1)Nc1cccc(CO)c1. The van der Waals surface area contributed by atoms with E-state index in [1.165, 1.54) is 0 Å². The summed E-state index contributed by atoms with van der Waals surface area (Å²) in [6.45, 7) is -0.0945. The predicted molar refractivity (Wildman–Crippen MR) is 83.4 cm³/mol. The van der Waals surface area contributed by atoms with Crippen molar-refractivity contribution in [1.82, 2.24) is 0 Å². The molecule has 0 bridgehead atoms. The number of aliphatic carboxylic acids is 1. The molecule has 0 radical (unpaired) electrons. The lowest BCUT2D eigenvalue weighted by atomic mass is 9.77. The number of rotatable bonds is 5. The van der Waals surface area contributed by atoms with Crippen LogP contribution in [0.1, 0.15) is 50.5 Å². The van der Waals surface area contributed by atoms with E-state index in [0.717, 1.165) is 25.7 Å². The number of hydrogen-bond acceptors (Lipinski definition) is 3. The van der Waals surface area contributed by atoms with Gasteiger partial charge in [-0.2, -0.15) is 0 Å². The van der Waals surface area contributed by atoms with Crippen molar-refractivity contribution in [3.8, 4) is 0 Å². The lowest BCUT2D eigenvalue weighted by Gasteiger charge is -2.27. The van der Waals surface area contributed by atoms with Gasteiger partial charge in [0.15, 0.2) is 0 Å². The van der Waals surface area contributed by atoms with Crippen molar-refractivity contribution in [3.05, 3.63) is 29.8 Å². The van der Waals surface area contributed by atoms with Gasteiger partial charge in [0.1, 0.15) is 0 Å². The number of nitrogens with one attached hydrogen (secondary N) is 1. The van der Waals surface area contributed by atoms with Crippen LogP contribution in [0.15, 0.2) is 24.3 Å². The van der Waals surface area contributed by atoms with Crippen molar-refractivity contribution in [2.24, 2.45) is 5.41 Å². The van der Waals surface area contributed by atoms with Crippen molar-refractivity contribution in [1.29, 1.82) is 0 Å². The summed E-state index contributed by atoms with van der Waals surface area (Å²) in [5, 5.41) is 21.5. The topological polar surface area (TPSA) is 86.6 Å². The van der Waals surface area contributed by atoms with E-state index in [0.29, 0.717) is 24.1 Å². The van der Waals surface area contributed by atoms with Crippen molar-refractivity contribution in [2.75, 3.05) is 5.32 Å². The maximum absolute atomic E-state index is 12.3. The Morgan fingerprint density at radius 2 is 1.82 bits per heavy atom. The number of benzene rings is 1. The van der Waals surface area contributed by atoms with E-state index in [2.05, 4.69) is 5.32 Å². The number of aliphatic hydroxyl groups excluding tert-OH is 1. The molecule has 120 valence electrons. The third kappa shape index (κ3) is 4.07. The quantitative estimate of drug-likeness (QED) is 0.730. The van der Waals surface area contributed by atoms with Crippen LogP contribution in [0.4, 0.5) is 5.69 Å². The maximum atomic E-state index is 12.3. The normalized spacial score (nSPS) is 17.5. The molecule has 0 unspecified atom stereocenters. The zero-order valence-corrected chi connectivity index (χ0v) is 12.7. The summed E-state index contributed by atoms with van der Waals surface area (Å²) in [4.78, 5) is 24.0. The minimum atomic E-state index is -0.935. The molecule has 1 amide bonds. The van der Waals surface area contributed by atoms with E-state index >= 15 is 0 Å². The van der Waals surface area contributed by atoms with E-state index in [9.17, 15) is 14.7 Å². The summed E-state index contributed by atoms with van der Waals surface area (Å²) in [5.74, 6) is -1.15. The summed E-state index contributed by atoms with van der Waals surface area (Å²) in [6, 6.07) is 6.94. The number of carboxylic acids is 1. The highest BCUT2D eigenvalue weighted by Crippen LogP contribution is 2.38. The smallest absolute Gasteiger partial charge is 0.310 e. The highest BCUT2D eigenvalue weighted by Gasteiger charge is 2.40. The van der Waals surface area contributed by atoms with E-state index in [1.807, 2.05) is 0 Å². The number of carbonyl (C=O) groups excluding carboxylic acids is 1. The molecule has 0 spiro atoms. The van der Waals surface area contributed by atoms with Gasteiger partial charge in [-0.3, -0.25) is 9.59 Å². The summed E-state index contributed by atoms with van der Waals surface area (Å²) in [5.41, 5.74) is 0.362. The van der Waals surface area contributed by atoms with Crippen LogP contribution in [0.5, 0.6) is 0 Å². The van der Waals surface area contributed by atoms with Crippen LogP contribution >= 0.6 is 0 Å². The average molecular weight is 305 g/mol. The zero-order chi connectivity index (χ0) is 16.0. The molecule has 0 atom stereocenters. The van der Waals surface area contributed by atoms with Gasteiger partial charge in [-0.15, -0.1) is 0 Å². The lowest BCUT2D eigenvalue weighted by Crippen LogP contribution is -2.35. The molecule has 22 heavy (non-hydrogen) atoms. The van der Waals surface area contributed by atoms with Gasteiger partial charge in [-0.25, -0.2) is 0 Å². The molecule has 1 fully saturated rings. The number of hydrogen-bond donors (Lipinski definition) is 3. The Balaban J connectivity index is 2.06. The molecule has 5 heteroatoms. The first-order chi connectivity index (χ1) is 10.6. The second-order valence-corrected chi connectivity index (χ2v) is 6.08. The Morgan fingerprint density at radius 1 is 1.14 bits per heavy atom. The Kier molecular flexibility index (Phi) is 5.55. The molecule has 3 N–H and O–H groups in total. The first-order valence-electron chi connectivity index (χ1n) is 7.79. The fourth-order valence-corrected chi connectivity index (χ4v) is 3.13. The number of carboxylic acid groups (broad SMARTS) is 1. The largest absolute Gasteiger partial charge is 0.481 e. The Labute approximate surface area is 130 Å². The molecule has 1 aliphatic rings. The highest BCUT2D eigenvalue weighted by atomic mass is 16.4. The predicted octanol–water partition coefficient (Wildman–Crippen LogP) is 2.93. The van der Waals surface area contributed by atoms with Crippen LogP contribution in [0.2, 0.25) is 0 Å². The fourth-order valence-electron chi connectivity index (χ4n) is 3.13. The van der Waals surface area contributed by atoms with Crippen molar-refractivity contribution in [3.63, 3.8) is 0 Å². The minimum absolute atomic E-state index is 0.00564. The molecule has 1 aliphatic carbocycles. The van der Waals surface area contributed by atoms with E-state index in [4.69, 9.17) is 5.11 Å². The molecule has 1 saturated carbocycles. The van der Waals surface area contributed by atoms with Crippen LogP contribution < -0.4 is 5.32 Å². The molecule has 1 aromatic carbocycles. The third-order valence-electron chi connectivity index (χ3n) is 4.41. The molecule has 0 aliphatic heterocycles. The van der Waals surface area contributed by atoms with Crippen LogP contribution in [0, 0.1) is 5.41 Å². The van der Waals surface area contributed by atoms with E-state index in [1.54, 1.807) is 24.3 Å². The standard InChI is InChI=1S/C17H23NO4/c19-12-13-6-5-7-14(10-13)18-15(20)11-17(16(21)22)8-3-1-2-4-9-17/h5-7,10,19H,1-4,8-9,11-12H2,(H,18,20)(H,21,22). The average Bonchev–Trinajstić information content (AvgIpc) is 2.74. The number of amides is 1. The number of carbonyl (C=O) groups is 2. The second kappa shape index (κ2) is 7.40. The third-order valence-corrected chi connectivity index (χ3v) is 4.41. The van der Waals surface area contributed by atoms with Crippen LogP contribution in [0.3, 0.4) is 0 Å². The summed E-state index contributed by atoms with van der Waals surface area (Å²) in [6.07, 6.45) is 4.92. The first kappa shape index (κ1) is 16.5. The molecular weight excluding hydrogens is 282 g/mol. The van der Waals surface area contributed by atoms with Crippen LogP contribution in [0.25, 0.3) is 0 Å². The fraction of sp³-hybridized carbons (Fsp3) is 0.529. The van der Waals surface area contributed by atoms with Gasteiger partial charge < -0.3 is 15.5 Å². The van der Waals surface area contributed by atoms with Crippen molar-refractivity contribution >= 4 is 17.6 Å². The summed E-state index contributed by atoms with van der Waals surface area (Å²) >= 11 is 0. The molecular formula is C17H23NO4. The number of anilines is 1. The Hall–Kier alpha value is -1.88. The van der Waals surface area contributed by atoms with Gasteiger partial charge in [0.05, 0.1) is 12.0 Å². The van der Waals surface area contributed by atoms with Gasteiger partial charge in [-0.05, 0) is 30.5 Å². The Bertz CT molecular complexity index is 533. The van der Waals surface area contributed by atoms with E-state index < -0.39 is 11.4 Å². The van der Waals surface area contributed by atoms with Gasteiger partial charge in [0, 0.05) is 12.1 Å². The van der Waals surface area contributed by atoms with E-state index in [-0.39, 0.29) is 18.9 Å². The molecule has 1 aromatic rings.